The number of hydrogen-bond donors (Lipinski definition) is 1. The van der Waals surface area contributed by atoms with Gasteiger partial charge in [0.1, 0.15) is 0 Å². The van der Waals surface area contributed by atoms with Crippen molar-refractivity contribution in [3.05, 3.63) is 21.9 Å². The van der Waals surface area contributed by atoms with E-state index in [-0.39, 0.29) is 11.8 Å². The first-order chi connectivity index (χ1) is 9.72. The Balaban J connectivity index is 1.79. The summed E-state index contributed by atoms with van der Waals surface area (Å²) in [6, 6.07) is 4.53. The Morgan fingerprint density at radius 1 is 1.40 bits per heavy atom. The average Bonchev–Trinajstić information content (AvgIpc) is 3.07. The Labute approximate surface area is 126 Å². The quantitative estimate of drug-likeness (QED) is 0.838. The van der Waals surface area contributed by atoms with E-state index < -0.39 is 0 Å². The van der Waals surface area contributed by atoms with E-state index in [1.807, 2.05) is 18.3 Å². The van der Waals surface area contributed by atoms with Gasteiger partial charge in [0, 0.05) is 29.4 Å². The van der Waals surface area contributed by atoms with Crippen molar-refractivity contribution >= 4 is 17.2 Å². The summed E-state index contributed by atoms with van der Waals surface area (Å²) in [5.74, 6) is 0.416. The molecule has 1 saturated heterocycles. The molecule has 0 aromatic carbocycles. The van der Waals surface area contributed by atoms with Crippen molar-refractivity contribution in [1.82, 2.24) is 10.2 Å². The molecule has 20 heavy (non-hydrogen) atoms. The first-order valence-corrected chi connectivity index (χ1v) is 8.62. The highest BCUT2D eigenvalue weighted by Gasteiger charge is 2.27. The molecule has 1 atom stereocenters. The predicted molar refractivity (Wildman–Crippen MR) is 85.0 cm³/mol. The van der Waals surface area contributed by atoms with Crippen molar-refractivity contribution in [1.29, 1.82) is 0 Å². The molecule has 1 aliphatic heterocycles. The number of likely N-dealkylation sites (tertiary alicyclic amines) is 1. The van der Waals surface area contributed by atoms with Crippen molar-refractivity contribution in [3.63, 3.8) is 0 Å². The summed E-state index contributed by atoms with van der Waals surface area (Å²) in [4.78, 5) is 17.2. The summed E-state index contributed by atoms with van der Waals surface area (Å²) in [5, 5.41) is 2.94. The number of carbonyl (C=O) groups is 1. The Kier molecular flexibility index (Phi) is 6.05. The third-order valence-corrected chi connectivity index (χ3v) is 5.00. The molecule has 0 saturated carbocycles. The standard InChI is InChI=1S/C16H26N2OS/c1-3-5-6-14-7-8-15(20-14)12-18-10-9-13(11-18)16(19)17-4-2/h7-8,13H,3-6,9-12H2,1-2H3,(H,17,19). The van der Waals surface area contributed by atoms with Gasteiger partial charge in [0.2, 0.25) is 5.91 Å². The van der Waals surface area contributed by atoms with Gasteiger partial charge in [-0.3, -0.25) is 9.69 Å². The van der Waals surface area contributed by atoms with Gasteiger partial charge < -0.3 is 5.32 Å². The van der Waals surface area contributed by atoms with Gasteiger partial charge in [-0.25, -0.2) is 0 Å². The maximum absolute atomic E-state index is 11.8. The van der Waals surface area contributed by atoms with Gasteiger partial charge in [-0.2, -0.15) is 0 Å². The van der Waals surface area contributed by atoms with E-state index >= 15 is 0 Å². The number of hydrogen-bond acceptors (Lipinski definition) is 3. The highest BCUT2D eigenvalue weighted by molar-refractivity contribution is 7.11. The Hall–Kier alpha value is -0.870. The molecule has 0 bridgehead atoms. The number of rotatable bonds is 7. The topological polar surface area (TPSA) is 32.3 Å². The number of thiophene rings is 1. The van der Waals surface area contributed by atoms with Crippen LogP contribution in [-0.2, 0) is 17.8 Å². The molecular formula is C16H26N2OS. The van der Waals surface area contributed by atoms with Crippen molar-refractivity contribution in [3.8, 4) is 0 Å². The minimum atomic E-state index is 0.189. The Morgan fingerprint density at radius 2 is 2.20 bits per heavy atom. The van der Waals surface area contributed by atoms with E-state index in [0.29, 0.717) is 0 Å². The van der Waals surface area contributed by atoms with Crippen LogP contribution in [0.25, 0.3) is 0 Å². The number of nitrogens with one attached hydrogen (secondary N) is 1. The van der Waals surface area contributed by atoms with E-state index in [1.54, 1.807) is 0 Å². The van der Waals surface area contributed by atoms with Crippen LogP contribution in [-0.4, -0.2) is 30.4 Å². The predicted octanol–water partition coefficient (Wildman–Crippen LogP) is 3.05. The highest BCUT2D eigenvalue weighted by atomic mass is 32.1. The molecule has 0 radical (unpaired) electrons. The fraction of sp³-hybridized carbons (Fsp3) is 0.688. The second kappa shape index (κ2) is 7.79. The van der Waals surface area contributed by atoms with Gasteiger partial charge in [-0.05, 0) is 44.9 Å². The lowest BCUT2D eigenvalue weighted by atomic mass is 10.1. The molecule has 1 N–H and O–H groups in total. The highest BCUT2D eigenvalue weighted by Crippen LogP contribution is 2.24. The van der Waals surface area contributed by atoms with E-state index in [2.05, 4.69) is 29.3 Å². The summed E-state index contributed by atoms with van der Waals surface area (Å²) in [6.07, 6.45) is 4.75. The molecule has 3 nitrogen and oxygen atoms in total. The minimum Gasteiger partial charge on any atom is -0.356 e. The number of unbranched alkanes of at least 4 members (excludes halogenated alkanes) is 1. The van der Waals surface area contributed by atoms with Crippen LogP contribution in [0.2, 0.25) is 0 Å². The lowest BCUT2D eigenvalue weighted by Gasteiger charge is -2.14. The summed E-state index contributed by atoms with van der Waals surface area (Å²) in [5.41, 5.74) is 0. The zero-order valence-electron chi connectivity index (χ0n) is 12.7. The molecule has 1 unspecified atom stereocenters. The molecule has 1 amide bonds. The van der Waals surface area contributed by atoms with Gasteiger partial charge in [0.25, 0.3) is 0 Å². The number of amides is 1. The van der Waals surface area contributed by atoms with Crippen LogP contribution in [0.4, 0.5) is 0 Å². The first kappa shape index (κ1) is 15.5. The Morgan fingerprint density at radius 3 is 2.95 bits per heavy atom. The molecule has 2 rings (SSSR count). The molecule has 1 aromatic rings. The first-order valence-electron chi connectivity index (χ1n) is 7.80. The van der Waals surface area contributed by atoms with Crippen LogP contribution in [0, 0.1) is 5.92 Å². The second-order valence-electron chi connectivity index (χ2n) is 5.59. The molecule has 1 aromatic heterocycles. The maximum atomic E-state index is 11.8. The summed E-state index contributed by atoms with van der Waals surface area (Å²) < 4.78 is 0. The monoisotopic (exact) mass is 294 g/mol. The van der Waals surface area contributed by atoms with Gasteiger partial charge in [0.05, 0.1) is 5.92 Å². The third kappa shape index (κ3) is 4.32. The van der Waals surface area contributed by atoms with Crippen LogP contribution in [0.3, 0.4) is 0 Å². The van der Waals surface area contributed by atoms with E-state index in [1.165, 1.54) is 29.0 Å². The summed E-state index contributed by atoms with van der Waals surface area (Å²) >= 11 is 1.94. The van der Waals surface area contributed by atoms with Crippen molar-refractivity contribution < 1.29 is 4.79 Å². The zero-order valence-corrected chi connectivity index (χ0v) is 13.5. The van der Waals surface area contributed by atoms with Crippen molar-refractivity contribution in [2.75, 3.05) is 19.6 Å². The van der Waals surface area contributed by atoms with Crippen LogP contribution in [0.15, 0.2) is 12.1 Å². The summed E-state index contributed by atoms with van der Waals surface area (Å²) in [7, 11) is 0. The number of nitrogens with zero attached hydrogens (tertiary/aromatic N) is 1. The molecule has 1 aliphatic rings. The SMILES string of the molecule is CCCCc1ccc(CN2CCC(C(=O)NCC)C2)s1. The third-order valence-electron chi connectivity index (χ3n) is 3.87. The van der Waals surface area contributed by atoms with Crippen molar-refractivity contribution in [2.45, 2.75) is 46.1 Å². The lowest BCUT2D eigenvalue weighted by molar-refractivity contribution is -0.124. The van der Waals surface area contributed by atoms with Crippen LogP contribution in [0.5, 0.6) is 0 Å². The molecule has 0 aliphatic carbocycles. The average molecular weight is 294 g/mol. The molecule has 112 valence electrons. The van der Waals surface area contributed by atoms with Crippen LogP contribution in [0.1, 0.15) is 42.9 Å². The molecule has 2 heterocycles. The molecular weight excluding hydrogens is 268 g/mol. The van der Waals surface area contributed by atoms with Gasteiger partial charge in [-0.1, -0.05) is 13.3 Å². The molecule has 1 fully saturated rings. The minimum absolute atomic E-state index is 0.189. The molecule has 0 spiro atoms. The van der Waals surface area contributed by atoms with Gasteiger partial charge >= 0.3 is 0 Å². The molecule has 4 heteroatoms. The summed E-state index contributed by atoms with van der Waals surface area (Å²) in [6.45, 7) is 7.92. The van der Waals surface area contributed by atoms with E-state index in [4.69, 9.17) is 0 Å². The second-order valence-corrected chi connectivity index (χ2v) is 6.84. The van der Waals surface area contributed by atoms with E-state index in [9.17, 15) is 4.79 Å². The fourth-order valence-corrected chi connectivity index (χ4v) is 3.82. The van der Waals surface area contributed by atoms with Crippen LogP contribution >= 0.6 is 11.3 Å². The largest absolute Gasteiger partial charge is 0.356 e. The van der Waals surface area contributed by atoms with Gasteiger partial charge in [0.15, 0.2) is 0 Å². The normalized spacial score (nSPS) is 19.4. The fourth-order valence-electron chi connectivity index (χ4n) is 2.72. The van der Waals surface area contributed by atoms with Crippen LogP contribution < -0.4 is 5.32 Å². The van der Waals surface area contributed by atoms with E-state index in [0.717, 1.165) is 32.6 Å². The lowest BCUT2D eigenvalue weighted by Crippen LogP contribution is -2.32. The smallest absolute Gasteiger partial charge is 0.224 e. The number of carbonyl (C=O) groups excluding carboxylic acids is 1. The maximum Gasteiger partial charge on any atom is 0.224 e. The Bertz CT molecular complexity index is 430. The number of aryl methyl sites for hydroxylation is 1. The van der Waals surface area contributed by atoms with Crippen molar-refractivity contribution in [2.24, 2.45) is 5.92 Å². The zero-order chi connectivity index (χ0) is 14.4. The van der Waals surface area contributed by atoms with Gasteiger partial charge in [-0.15, -0.1) is 11.3 Å².